The summed E-state index contributed by atoms with van der Waals surface area (Å²) in [6, 6.07) is 0.516. The van der Waals surface area contributed by atoms with Crippen LogP contribution in [-0.2, 0) is 9.53 Å². The summed E-state index contributed by atoms with van der Waals surface area (Å²) >= 11 is 1.72. The fourth-order valence-corrected chi connectivity index (χ4v) is 4.27. The van der Waals surface area contributed by atoms with Crippen LogP contribution in [0.4, 0.5) is 0 Å². The van der Waals surface area contributed by atoms with Gasteiger partial charge in [-0.3, -0.25) is 10.1 Å². The fourth-order valence-electron chi connectivity index (χ4n) is 3.39. The average molecular weight is 309 g/mol. The quantitative estimate of drug-likeness (QED) is 0.598. The van der Waals surface area contributed by atoms with E-state index in [2.05, 4.69) is 15.3 Å². The fraction of sp³-hybridized carbons (Fsp3) is 0.733. The van der Waals surface area contributed by atoms with E-state index in [-0.39, 0.29) is 5.97 Å². The first kappa shape index (κ1) is 14.9. The van der Waals surface area contributed by atoms with Crippen LogP contribution in [0.15, 0.2) is 17.6 Å². The summed E-state index contributed by atoms with van der Waals surface area (Å²) in [7, 11) is 1.51. The summed E-state index contributed by atoms with van der Waals surface area (Å²) in [6.07, 6.45) is 10.1. The second-order valence-corrected chi connectivity index (χ2v) is 7.09. The van der Waals surface area contributed by atoms with Crippen LogP contribution < -0.4 is 5.32 Å². The number of rotatable bonds is 7. The van der Waals surface area contributed by atoms with Gasteiger partial charge in [-0.15, -0.1) is 0 Å². The highest BCUT2D eigenvalue weighted by molar-refractivity contribution is 7.99. The molecule has 3 rings (SSSR count). The first-order valence-corrected chi connectivity index (χ1v) is 8.71. The van der Waals surface area contributed by atoms with Gasteiger partial charge in [0, 0.05) is 24.2 Å². The van der Waals surface area contributed by atoms with Crippen molar-refractivity contribution < 1.29 is 9.53 Å². The summed E-state index contributed by atoms with van der Waals surface area (Å²) in [5, 5.41) is 4.55. The van der Waals surface area contributed by atoms with E-state index >= 15 is 0 Å². The summed E-state index contributed by atoms with van der Waals surface area (Å²) in [6.45, 7) is 0. The van der Waals surface area contributed by atoms with Gasteiger partial charge in [0.25, 0.3) is 0 Å². The van der Waals surface area contributed by atoms with E-state index in [1.807, 2.05) is 6.20 Å². The minimum atomic E-state index is -0.445. The van der Waals surface area contributed by atoms with E-state index < -0.39 is 5.54 Å². The number of hydrogen-bond donors (Lipinski definition) is 2. The Hall–Kier alpha value is -1.01. The summed E-state index contributed by atoms with van der Waals surface area (Å²) in [5.41, 5.74) is -0.445. The van der Waals surface area contributed by atoms with Crippen LogP contribution in [0.5, 0.6) is 0 Å². The standard InChI is InChI=1S/C15H23N3O2S/c1-20-13(19)15(18-12-4-5-12)7-2-3-11(15)6-10-21-14-16-8-9-17-14/h8-9,11-12,18H,2-7,10H2,1H3,(H,16,17). The molecule has 0 aliphatic heterocycles. The van der Waals surface area contributed by atoms with E-state index in [0.29, 0.717) is 12.0 Å². The lowest BCUT2D eigenvalue weighted by atomic mass is 9.84. The van der Waals surface area contributed by atoms with Crippen LogP contribution in [0, 0.1) is 5.92 Å². The first-order valence-electron chi connectivity index (χ1n) is 7.73. The normalized spacial score (nSPS) is 28.7. The van der Waals surface area contributed by atoms with E-state index in [9.17, 15) is 4.79 Å². The van der Waals surface area contributed by atoms with Crippen LogP contribution in [0.3, 0.4) is 0 Å². The Morgan fingerprint density at radius 3 is 3.10 bits per heavy atom. The predicted octanol–water partition coefficient (Wildman–Crippen LogP) is 2.36. The van der Waals surface area contributed by atoms with Crippen molar-refractivity contribution in [3.05, 3.63) is 12.4 Å². The van der Waals surface area contributed by atoms with Gasteiger partial charge < -0.3 is 9.72 Å². The molecule has 2 saturated carbocycles. The number of aromatic nitrogens is 2. The Balaban J connectivity index is 1.62. The van der Waals surface area contributed by atoms with Crippen molar-refractivity contribution in [1.82, 2.24) is 15.3 Å². The Morgan fingerprint density at radius 2 is 2.43 bits per heavy atom. The van der Waals surface area contributed by atoms with Gasteiger partial charge in [-0.05, 0) is 38.0 Å². The van der Waals surface area contributed by atoms with Crippen molar-refractivity contribution >= 4 is 17.7 Å². The highest BCUT2D eigenvalue weighted by atomic mass is 32.2. The molecular formula is C15H23N3O2S. The van der Waals surface area contributed by atoms with Crippen molar-refractivity contribution in [2.24, 2.45) is 5.92 Å². The van der Waals surface area contributed by atoms with Gasteiger partial charge in [0.05, 0.1) is 7.11 Å². The molecule has 116 valence electrons. The molecule has 6 heteroatoms. The molecule has 0 radical (unpaired) electrons. The van der Waals surface area contributed by atoms with Crippen molar-refractivity contribution in [2.45, 2.75) is 55.3 Å². The topological polar surface area (TPSA) is 67.0 Å². The number of nitrogens with one attached hydrogen (secondary N) is 2. The molecule has 0 saturated heterocycles. The maximum atomic E-state index is 12.4. The molecular weight excluding hydrogens is 286 g/mol. The number of imidazole rings is 1. The van der Waals surface area contributed by atoms with Crippen LogP contribution in [-0.4, -0.2) is 40.4 Å². The van der Waals surface area contributed by atoms with Gasteiger partial charge in [-0.25, -0.2) is 4.98 Å². The van der Waals surface area contributed by atoms with Crippen LogP contribution in [0.1, 0.15) is 38.5 Å². The van der Waals surface area contributed by atoms with Crippen molar-refractivity contribution in [3.63, 3.8) is 0 Å². The van der Waals surface area contributed by atoms with E-state index in [1.165, 1.54) is 20.0 Å². The third-order valence-electron chi connectivity index (χ3n) is 4.59. The highest BCUT2D eigenvalue weighted by Gasteiger charge is 2.51. The SMILES string of the molecule is COC(=O)C1(NC2CC2)CCCC1CCSc1ncc[nH]1. The molecule has 1 aromatic rings. The average Bonchev–Trinajstić information content (AvgIpc) is 2.99. The number of H-pyrrole nitrogens is 1. The van der Waals surface area contributed by atoms with Crippen LogP contribution >= 0.6 is 11.8 Å². The molecule has 2 atom stereocenters. The second-order valence-electron chi connectivity index (χ2n) is 6.00. The minimum absolute atomic E-state index is 0.0695. The number of carbonyl (C=O) groups excluding carboxylic acids is 1. The van der Waals surface area contributed by atoms with Crippen LogP contribution in [0.2, 0.25) is 0 Å². The molecule has 1 heterocycles. The number of thioether (sulfide) groups is 1. The van der Waals surface area contributed by atoms with Gasteiger partial charge in [-0.1, -0.05) is 18.2 Å². The molecule has 2 aliphatic rings. The maximum absolute atomic E-state index is 12.4. The second kappa shape index (κ2) is 6.40. The van der Waals surface area contributed by atoms with Gasteiger partial charge in [-0.2, -0.15) is 0 Å². The number of esters is 1. The van der Waals surface area contributed by atoms with Gasteiger partial charge in [0.1, 0.15) is 5.54 Å². The number of hydrogen-bond acceptors (Lipinski definition) is 5. The van der Waals surface area contributed by atoms with Gasteiger partial charge in [0.15, 0.2) is 5.16 Å². The zero-order valence-electron chi connectivity index (χ0n) is 12.4. The largest absolute Gasteiger partial charge is 0.468 e. The third-order valence-corrected chi connectivity index (χ3v) is 5.52. The maximum Gasteiger partial charge on any atom is 0.326 e. The summed E-state index contributed by atoms with van der Waals surface area (Å²) in [5.74, 6) is 1.27. The molecule has 2 fully saturated rings. The Labute approximate surface area is 129 Å². The Bertz CT molecular complexity index is 475. The number of carbonyl (C=O) groups is 1. The first-order chi connectivity index (χ1) is 10.2. The summed E-state index contributed by atoms with van der Waals surface area (Å²) < 4.78 is 5.12. The van der Waals surface area contributed by atoms with Crippen molar-refractivity contribution in [2.75, 3.05) is 12.9 Å². The smallest absolute Gasteiger partial charge is 0.326 e. The molecule has 0 spiro atoms. The Morgan fingerprint density at radius 1 is 1.57 bits per heavy atom. The molecule has 0 amide bonds. The molecule has 21 heavy (non-hydrogen) atoms. The van der Waals surface area contributed by atoms with Crippen molar-refractivity contribution in [3.8, 4) is 0 Å². The van der Waals surface area contributed by atoms with E-state index in [1.54, 1.807) is 18.0 Å². The number of aromatic amines is 1. The minimum Gasteiger partial charge on any atom is -0.468 e. The molecule has 2 aliphatic carbocycles. The summed E-state index contributed by atoms with van der Waals surface area (Å²) in [4.78, 5) is 19.7. The molecule has 0 aromatic carbocycles. The van der Waals surface area contributed by atoms with Crippen molar-refractivity contribution in [1.29, 1.82) is 0 Å². The number of ether oxygens (including phenoxy) is 1. The predicted molar refractivity (Wildman–Crippen MR) is 82.2 cm³/mol. The zero-order chi connectivity index (χ0) is 14.7. The molecule has 2 N–H and O–H groups in total. The lowest BCUT2D eigenvalue weighted by Crippen LogP contribution is -2.56. The molecule has 2 unspecified atom stereocenters. The van der Waals surface area contributed by atoms with Gasteiger partial charge >= 0.3 is 5.97 Å². The molecule has 5 nitrogen and oxygen atoms in total. The Kier molecular flexibility index (Phi) is 4.54. The van der Waals surface area contributed by atoms with Crippen LogP contribution in [0.25, 0.3) is 0 Å². The zero-order valence-corrected chi connectivity index (χ0v) is 13.2. The lowest BCUT2D eigenvalue weighted by molar-refractivity contribution is -0.150. The van der Waals surface area contributed by atoms with Gasteiger partial charge in [0.2, 0.25) is 0 Å². The lowest BCUT2D eigenvalue weighted by Gasteiger charge is -2.34. The number of methoxy groups -OCH3 is 1. The van der Waals surface area contributed by atoms with E-state index in [4.69, 9.17) is 4.74 Å². The third kappa shape index (κ3) is 3.26. The number of nitrogens with zero attached hydrogens (tertiary/aromatic N) is 1. The highest BCUT2D eigenvalue weighted by Crippen LogP contribution is 2.42. The molecule has 1 aromatic heterocycles. The van der Waals surface area contributed by atoms with E-state index in [0.717, 1.165) is 36.6 Å². The molecule has 0 bridgehead atoms. The monoisotopic (exact) mass is 309 g/mol.